The van der Waals surface area contributed by atoms with Gasteiger partial charge in [-0.05, 0) is 86.1 Å². The van der Waals surface area contributed by atoms with E-state index >= 15 is 14.4 Å². The molecule has 18 N–H and O–H groups in total. The first kappa shape index (κ1) is 109. The maximum Gasteiger partial charge on any atom is 0.317 e. The minimum Gasteiger partial charge on any atom is -0.481 e. The molecule has 0 spiro atoms. The number of aliphatic carboxylic acids is 6. The summed E-state index contributed by atoms with van der Waals surface area (Å²) in [5.41, 5.74) is 1.39. The number of hydrogen-bond acceptors (Lipinski definition) is 26. The van der Waals surface area contributed by atoms with Gasteiger partial charge in [0, 0.05) is 147 Å². The number of likely N-dealkylation sites (N-methyl/N-ethyl adjacent to an activating group) is 1. The highest BCUT2D eigenvalue weighted by Crippen LogP contribution is 2.30. The highest BCUT2D eigenvalue weighted by molar-refractivity contribution is 6.00. The number of nitrogens with one attached hydrogen (secondary N) is 12. The Kier molecular flexibility index (Phi) is 44.7. The number of aromatic nitrogens is 1. The number of para-hydroxylation sites is 1. The maximum atomic E-state index is 15.4. The number of carboxylic acid groups (broad SMARTS) is 6. The number of benzene rings is 3. The van der Waals surface area contributed by atoms with Crippen LogP contribution in [0.25, 0.3) is 10.9 Å². The molecule has 8 rings (SSSR count). The molecule has 750 valence electrons. The summed E-state index contributed by atoms with van der Waals surface area (Å²) in [6, 6.07) is 10.8. The summed E-state index contributed by atoms with van der Waals surface area (Å²) in [5, 5.41) is 88.0. The standard InChI is InChI=1S/C90H127N19O28/c1-3-36-135-37-25-65-84(129)100-67(43-61-46-93-63-17-8-7-16-62(61)63)82(127)96-48-73(112)98-64(18-10-12-27-92-89(134)107-34-32-104(33-35-107)50-77(117)118)83(128)102-68(44-76(115)116)88(133)109-29-13-19-69(109)86(131)97-47-72(111)95-49-75(114)103(2)70(42-58-14-5-4-6-15-58)87(132)101-66(85(130)99-65)41-59-21-23-60(24-22-59)45-94-74(113)55-137-40-39-136-38-28-91-71(110)20-9-11-26-90(108(53-80(123)124)54-81(125)126)56-105(51-78(119)120)30-31-106(57-90)52-79(121)122/h4-8,14-17,21-24,46,64-70,93H,3,9-13,18-20,25-45,47-57H2,1-2H3,(H,91,110)(H,92,134)(H,94,113)(H,95,111)(H,96,127)(H,97,131)(H,98,112)(H,99,130)(H,100,129)(H,101,132)(H,102,128)(H,115,116)(H,117,118)(H,119,120)(H,121,122)(H,123,124)(H,125,126)/t64-,65-,66-,67-,68-,69+,70-/m0/s1. The van der Waals surface area contributed by atoms with Gasteiger partial charge in [-0.15, -0.1) is 0 Å². The van der Waals surface area contributed by atoms with Crippen LogP contribution in [0, 0.1) is 0 Å². The van der Waals surface area contributed by atoms with Gasteiger partial charge < -0.3 is 123 Å². The number of ether oxygens (including phenoxy) is 3. The van der Waals surface area contributed by atoms with E-state index in [1.807, 2.05) is 6.92 Å². The maximum absolute atomic E-state index is 15.4. The molecule has 0 saturated carbocycles. The van der Waals surface area contributed by atoms with E-state index in [0.717, 1.165) is 9.80 Å². The number of carbonyl (C=O) groups excluding carboxylic acids is 13. The fourth-order valence-corrected chi connectivity index (χ4v) is 16.5. The topological polar surface area (TPSA) is 644 Å². The van der Waals surface area contributed by atoms with Crippen LogP contribution < -0.4 is 58.5 Å². The van der Waals surface area contributed by atoms with Crippen molar-refractivity contribution in [3.8, 4) is 0 Å². The van der Waals surface area contributed by atoms with Crippen LogP contribution in [-0.2, 0) is 126 Å². The number of urea groups is 1. The largest absolute Gasteiger partial charge is 0.481 e. The van der Waals surface area contributed by atoms with Crippen LogP contribution in [-0.4, -0.2) is 402 Å². The number of carboxylic acids is 6. The molecule has 14 amide bonds. The zero-order valence-electron chi connectivity index (χ0n) is 76.9. The van der Waals surface area contributed by atoms with Gasteiger partial charge in [0.05, 0.1) is 78.6 Å². The van der Waals surface area contributed by atoms with E-state index in [1.165, 1.54) is 26.6 Å². The third kappa shape index (κ3) is 37.3. The van der Waals surface area contributed by atoms with Crippen molar-refractivity contribution < 1.29 is 136 Å². The summed E-state index contributed by atoms with van der Waals surface area (Å²) in [6.07, 6.45) is 1.17. The molecular formula is C90H127N19O28. The quantitative estimate of drug-likeness (QED) is 0.0188. The number of fused-ring (bicyclic) bond motifs is 2. The number of nitrogens with zero attached hydrogens (tertiary/aromatic N) is 7. The summed E-state index contributed by atoms with van der Waals surface area (Å²) in [4.78, 5) is 270. The smallest absolute Gasteiger partial charge is 0.317 e. The minimum absolute atomic E-state index is 0.00551. The van der Waals surface area contributed by atoms with Crippen molar-refractivity contribution in [1.29, 1.82) is 0 Å². The van der Waals surface area contributed by atoms with Crippen molar-refractivity contribution in [3.63, 3.8) is 0 Å². The van der Waals surface area contributed by atoms with Gasteiger partial charge in [0.15, 0.2) is 0 Å². The van der Waals surface area contributed by atoms with Crippen LogP contribution in [0.3, 0.4) is 0 Å². The lowest BCUT2D eigenvalue weighted by atomic mass is 9.88. The van der Waals surface area contributed by atoms with E-state index in [2.05, 4.69) is 63.5 Å². The number of rotatable bonds is 44. The molecule has 4 aromatic rings. The molecule has 47 heteroatoms. The molecule has 0 unspecified atom stereocenters. The van der Waals surface area contributed by atoms with Crippen molar-refractivity contribution in [2.24, 2.45) is 0 Å². The van der Waals surface area contributed by atoms with Crippen molar-refractivity contribution in [3.05, 3.63) is 107 Å². The van der Waals surface area contributed by atoms with E-state index in [9.17, 15) is 107 Å². The predicted molar refractivity (Wildman–Crippen MR) is 486 cm³/mol. The molecule has 5 heterocycles. The molecule has 7 atom stereocenters. The first-order chi connectivity index (χ1) is 65.5. The number of carbonyl (C=O) groups is 19. The Morgan fingerprint density at radius 2 is 1.06 bits per heavy atom. The van der Waals surface area contributed by atoms with Crippen LogP contribution in [0.4, 0.5) is 4.79 Å². The Labute approximate surface area is 790 Å². The third-order valence-electron chi connectivity index (χ3n) is 23.5. The first-order valence-electron chi connectivity index (χ1n) is 45.6. The van der Waals surface area contributed by atoms with E-state index in [1.54, 1.807) is 90.0 Å². The van der Waals surface area contributed by atoms with Gasteiger partial charge in [-0.1, -0.05) is 86.1 Å². The van der Waals surface area contributed by atoms with E-state index in [-0.39, 0.29) is 201 Å². The average molecular weight is 1920 g/mol. The van der Waals surface area contributed by atoms with Gasteiger partial charge in [-0.3, -0.25) is 106 Å². The first-order valence-corrected chi connectivity index (χ1v) is 45.6. The number of H-pyrrole nitrogens is 1. The Bertz CT molecular complexity index is 4760. The Hall–Kier alpha value is -13.4. The van der Waals surface area contributed by atoms with E-state index in [4.69, 9.17) is 14.2 Å². The van der Waals surface area contributed by atoms with Crippen LogP contribution in [0.5, 0.6) is 0 Å². The Balaban J connectivity index is 0.963. The molecule has 3 aromatic carbocycles. The van der Waals surface area contributed by atoms with Gasteiger partial charge in [-0.2, -0.15) is 0 Å². The van der Waals surface area contributed by atoms with Gasteiger partial charge in [0.2, 0.25) is 70.9 Å². The number of amides is 14. The van der Waals surface area contributed by atoms with Crippen LogP contribution >= 0.6 is 0 Å². The van der Waals surface area contributed by atoms with Crippen LogP contribution in [0.1, 0.15) is 106 Å². The molecule has 4 saturated heterocycles. The number of piperazine rings is 1. The second-order valence-electron chi connectivity index (χ2n) is 34.0. The van der Waals surface area contributed by atoms with Gasteiger partial charge >= 0.3 is 41.8 Å². The lowest BCUT2D eigenvalue weighted by molar-refractivity contribution is -0.148. The summed E-state index contributed by atoms with van der Waals surface area (Å²) in [7, 11) is 1.29. The van der Waals surface area contributed by atoms with Crippen molar-refractivity contribution in [1.82, 2.24) is 97.8 Å². The Morgan fingerprint density at radius 1 is 0.482 bits per heavy atom. The molecule has 4 aliphatic heterocycles. The molecule has 0 aliphatic carbocycles. The van der Waals surface area contributed by atoms with Crippen molar-refractivity contribution >= 4 is 124 Å². The number of unbranched alkanes of at least 4 members (excludes halogenated alkanes) is 2. The minimum atomic E-state index is -1.84. The zero-order valence-corrected chi connectivity index (χ0v) is 76.9. The fourth-order valence-electron chi connectivity index (χ4n) is 16.5. The highest BCUT2D eigenvalue weighted by Gasteiger charge is 2.45. The lowest BCUT2D eigenvalue weighted by Gasteiger charge is -2.45. The number of aromatic amines is 1. The Morgan fingerprint density at radius 3 is 1.72 bits per heavy atom. The monoisotopic (exact) mass is 1920 g/mol. The fraction of sp³-hybridized carbons (Fsp3) is 0.567. The average Bonchev–Trinajstić information content (AvgIpc) is 1.74. The van der Waals surface area contributed by atoms with Gasteiger partial charge in [0.25, 0.3) is 0 Å². The van der Waals surface area contributed by atoms with Gasteiger partial charge in [-0.25, -0.2) is 4.79 Å². The number of hydrogen-bond donors (Lipinski definition) is 18. The summed E-state index contributed by atoms with van der Waals surface area (Å²) in [6.45, 7) is -2.19. The molecule has 0 radical (unpaired) electrons. The van der Waals surface area contributed by atoms with Crippen LogP contribution in [0.2, 0.25) is 0 Å². The molecule has 1 aromatic heterocycles. The second-order valence-corrected chi connectivity index (χ2v) is 34.0. The molecule has 137 heavy (non-hydrogen) atoms. The SMILES string of the molecule is CCCOCC[C@@H]1NC(=O)[C@H](Cc2ccc(CNC(=O)COCCOCCNC(=O)CCCCC3(N(CC(=O)O)CC(=O)O)CN(CC(=O)O)CCN(CC(=O)O)C3)cc2)NC(=O)[C@H](Cc2ccccc2)N(C)C(=O)CNC(=O)CNC(=O)[C@H]2CCCN2C(=O)[C@H](CC(=O)O)NC(=O)[C@H](CCCCNC(=O)N2CCN(CC(=O)O)CC2)NC(=O)CNC(=O)[C@H](Cc2c[nH]c3ccccc23)NC1=O. The molecular weight excluding hydrogens is 1800 g/mol. The third-order valence-corrected chi connectivity index (χ3v) is 23.5. The summed E-state index contributed by atoms with van der Waals surface area (Å²) in [5.74, 6) is -17.8. The van der Waals surface area contributed by atoms with Crippen molar-refractivity contribution in [2.45, 2.75) is 158 Å². The molecule has 47 nitrogen and oxygen atoms in total. The normalized spacial score (nSPS) is 20.5. The highest BCUT2D eigenvalue weighted by atomic mass is 16.5. The zero-order chi connectivity index (χ0) is 99.5. The van der Waals surface area contributed by atoms with Crippen LogP contribution in [0.15, 0.2) is 85.1 Å². The van der Waals surface area contributed by atoms with Crippen molar-refractivity contribution in [2.75, 3.05) is 171 Å². The van der Waals surface area contributed by atoms with E-state index < -0.39 is 207 Å². The molecule has 0 bridgehead atoms. The second kappa shape index (κ2) is 56.2. The lowest BCUT2D eigenvalue weighted by Crippen LogP contribution is -2.62. The van der Waals surface area contributed by atoms with E-state index in [0.29, 0.717) is 52.7 Å². The predicted octanol–water partition coefficient (Wildman–Crippen LogP) is -4.00. The molecule has 4 aliphatic rings. The molecule has 4 fully saturated rings. The summed E-state index contributed by atoms with van der Waals surface area (Å²) < 4.78 is 17.0. The van der Waals surface area contributed by atoms with Gasteiger partial charge in [0.1, 0.15) is 48.9 Å². The summed E-state index contributed by atoms with van der Waals surface area (Å²) >= 11 is 0.